The second-order valence-electron chi connectivity index (χ2n) is 8.47. The van der Waals surface area contributed by atoms with Gasteiger partial charge in [0, 0.05) is 49.8 Å². The van der Waals surface area contributed by atoms with Crippen molar-refractivity contribution < 1.29 is 19.5 Å². The van der Waals surface area contributed by atoms with E-state index in [0.717, 1.165) is 13.1 Å². The number of ketones is 1. The first-order valence-corrected chi connectivity index (χ1v) is 9.75. The minimum atomic E-state index is -0.848. The lowest BCUT2D eigenvalue weighted by Gasteiger charge is -2.31. The van der Waals surface area contributed by atoms with Crippen LogP contribution in [0.5, 0.6) is 0 Å². The summed E-state index contributed by atoms with van der Waals surface area (Å²) in [6, 6.07) is 6.62. The van der Waals surface area contributed by atoms with Crippen LogP contribution in [-0.2, 0) is 4.79 Å². The largest absolute Gasteiger partial charge is 0.481 e. The lowest BCUT2D eigenvalue weighted by molar-refractivity contribution is -0.148. The summed E-state index contributed by atoms with van der Waals surface area (Å²) in [7, 11) is 0. The summed E-state index contributed by atoms with van der Waals surface area (Å²) in [6.45, 7) is 4.53. The molecule has 0 aromatic heterocycles. The third-order valence-corrected chi connectivity index (χ3v) is 6.67. The molecule has 0 unspecified atom stereocenters. The summed E-state index contributed by atoms with van der Waals surface area (Å²) >= 11 is 0. The number of aliphatic carboxylic acids is 1. The molecule has 6 heteroatoms. The molecule has 0 spiro atoms. The number of Topliss-reactive ketones (excluding diaryl/α,β-unsaturated/α-hetero) is 1. The van der Waals surface area contributed by atoms with Crippen LogP contribution in [0.4, 0.5) is 0 Å². The van der Waals surface area contributed by atoms with Crippen molar-refractivity contribution >= 4 is 17.7 Å². The molecule has 0 radical (unpaired) electrons. The minimum Gasteiger partial charge on any atom is -0.481 e. The maximum absolute atomic E-state index is 12.9. The number of benzene rings is 1. The molecule has 0 bridgehead atoms. The molecule has 2 aliphatic heterocycles. The molecule has 1 saturated carbocycles. The number of hydrogen-bond donors (Lipinski definition) is 1. The number of carboxylic acids is 1. The third-order valence-electron chi connectivity index (χ3n) is 6.67. The van der Waals surface area contributed by atoms with Crippen LogP contribution >= 0.6 is 0 Å². The number of hydrogen-bond acceptors (Lipinski definition) is 4. The quantitative estimate of drug-likeness (QED) is 0.804. The van der Waals surface area contributed by atoms with Gasteiger partial charge >= 0.3 is 5.97 Å². The summed E-state index contributed by atoms with van der Waals surface area (Å²) in [5.74, 6) is -0.277. The van der Waals surface area contributed by atoms with E-state index >= 15 is 0 Å². The zero-order valence-corrected chi connectivity index (χ0v) is 15.7. The van der Waals surface area contributed by atoms with Gasteiger partial charge < -0.3 is 14.9 Å². The number of amides is 1. The van der Waals surface area contributed by atoms with Crippen LogP contribution in [-0.4, -0.2) is 65.3 Å². The van der Waals surface area contributed by atoms with Crippen molar-refractivity contribution in [1.82, 2.24) is 9.80 Å². The van der Waals surface area contributed by atoms with Crippen molar-refractivity contribution in [2.45, 2.75) is 26.2 Å². The van der Waals surface area contributed by atoms with E-state index in [4.69, 9.17) is 0 Å². The average Bonchev–Trinajstić information content (AvgIpc) is 3.12. The average molecular weight is 370 g/mol. The van der Waals surface area contributed by atoms with Crippen LogP contribution in [0.15, 0.2) is 24.3 Å². The van der Waals surface area contributed by atoms with E-state index in [1.807, 2.05) is 0 Å². The first kappa shape index (κ1) is 18.2. The van der Waals surface area contributed by atoms with E-state index in [-0.39, 0.29) is 24.2 Å². The number of nitrogens with zero attached hydrogens (tertiary/aromatic N) is 2. The van der Waals surface area contributed by atoms with Crippen LogP contribution in [0.3, 0.4) is 0 Å². The van der Waals surface area contributed by atoms with Gasteiger partial charge in [-0.25, -0.2) is 0 Å². The standard InChI is InChI=1S/C21H26N2O4/c1-14(24)16-5-7-17(8-6-16)19(25)23-11-18-10-22(9-15-3-2-4-15)12-21(18,13-23)20(26)27/h5-8,15,18H,2-4,9-13H2,1H3,(H,26,27)/t18-,21-/m1/s1. The molecule has 1 aromatic rings. The minimum absolute atomic E-state index is 0.0180. The van der Waals surface area contributed by atoms with Gasteiger partial charge in [0.15, 0.2) is 5.78 Å². The summed E-state index contributed by atoms with van der Waals surface area (Å²) in [4.78, 5) is 40.4. The van der Waals surface area contributed by atoms with Gasteiger partial charge in [-0.15, -0.1) is 0 Å². The number of carboxylic acid groups (broad SMARTS) is 1. The molecular formula is C21H26N2O4. The number of rotatable bonds is 5. The van der Waals surface area contributed by atoms with Gasteiger partial charge in [0.2, 0.25) is 0 Å². The number of carbonyl (C=O) groups is 3. The predicted octanol–water partition coefficient (Wildman–Crippen LogP) is 2.15. The fourth-order valence-electron chi connectivity index (χ4n) is 4.84. The second kappa shape index (κ2) is 6.75. The molecule has 2 atom stereocenters. The molecular weight excluding hydrogens is 344 g/mol. The van der Waals surface area contributed by atoms with Gasteiger partial charge in [0.05, 0.1) is 0 Å². The van der Waals surface area contributed by atoms with Crippen molar-refractivity contribution in [2.24, 2.45) is 17.3 Å². The maximum Gasteiger partial charge on any atom is 0.313 e. The first-order chi connectivity index (χ1) is 12.9. The van der Waals surface area contributed by atoms with Gasteiger partial charge in [-0.2, -0.15) is 0 Å². The van der Waals surface area contributed by atoms with E-state index in [0.29, 0.717) is 30.1 Å². The Labute approximate surface area is 159 Å². The monoisotopic (exact) mass is 370 g/mol. The Morgan fingerprint density at radius 3 is 2.26 bits per heavy atom. The fraction of sp³-hybridized carbons (Fsp3) is 0.571. The smallest absolute Gasteiger partial charge is 0.313 e. The second-order valence-corrected chi connectivity index (χ2v) is 8.47. The molecule has 144 valence electrons. The first-order valence-electron chi connectivity index (χ1n) is 9.75. The number of fused-ring (bicyclic) bond motifs is 1. The Kier molecular flexibility index (Phi) is 4.54. The highest BCUT2D eigenvalue weighted by Crippen LogP contribution is 2.44. The molecule has 1 aromatic carbocycles. The molecule has 1 N–H and O–H groups in total. The fourth-order valence-corrected chi connectivity index (χ4v) is 4.84. The molecule has 3 aliphatic rings. The number of likely N-dealkylation sites (tertiary alicyclic amines) is 2. The lowest BCUT2D eigenvalue weighted by Crippen LogP contribution is -2.43. The molecule has 27 heavy (non-hydrogen) atoms. The van der Waals surface area contributed by atoms with E-state index in [1.54, 1.807) is 29.2 Å². The van der Waals surface area contributed by atoms with E-state index in [1.165, 1.54) is 26.2 Å². The van der Waals surface area contributed by atoms with Gasteiger partial charge in [0.25, 0.3) is 5.91 Å². The maximum atomic E-state index is 12.9. The van der Waals surface area contributed by atoms with Crippen molar-refractivity contribution in [3.05, 3.63) is 35.4 Å². The molecule has 4 rings (SSSR count). The summed E-state index contributed by atoms with van der Waals surface area (Å²) in [5.41, 5.74) is 0.226. The zero-order valence-electron chi connectivity index (χ0n) is 15.7. The van der Waals surface area contributed by atoms with Crippen molar-refractivity contribution in [2.75, 3.05) is 32.7 Å². The van der Waals surface area contributed by atoms with Gasteiger partial charge in [0.1, 0.15) is 5.41 Å². The number of carbonyl (C=O) groups excluding carboxylic acids is 2. The molecule has 1 aliphatic carbocycles. The van der Waals surface area contributed by atoms with Crippen LogP contribution in [0.25, 0.3) is 0 Å². The lowest BCUT2D eigenvalue weighted by atomic mass is 9.81. The zero-order chi connectivity index (χ0) is 19.2. The Morgan fingerprint density at radius 2 is 1.74 bits per heavy atom. The molecule has 6 nitrogen and oxygen atoms in total. The SMILES string of the molecule is CC(=O)c1ccc(C(=O)N2C[C@H]3CN(CC4CCC4)C[C@@]3(C(=O)O)C2)cc1. The summed E-state index contributed by atoms with van der Waals surface area (Å²) in [5, 5.41) is 9.96. The van der Waals surface area contributed by atoms with E-state index in [9.17, 15) is 19.5 Å². The van der Waals surface area contributed by atoms with Crippen LogP contribution in [0, 0.1) is 17.3 Å². The summed E-state index contributed by atoms with van der Waals surface area (Å²) < 4.78 is 0. The van der Waals surface area contributed by atoms with Crippen LogP contribution < -0.4 is 0 Å². The third kappa shape index (κ3) is 3.16. The molecule has 3 fully saturated rings. The topological polar surface area (TPSA) is 77.9 Å². The van der Waals surface area contributed by atoms with E-state index in [2.05, 4.69) is 4.90 Å². The Bertz CT molecular complexity index is 771. The Morgan fingerprint density at radius 1 is 1.07 bits per heavy atom. The Hall–Kier alpha value is -2.21. The summed E-state index contributed by atoms with van der Waals surface area (Å²) in [6.07, 6.45) is 3.79. The van der Waals surface area contributed by atoms with E-state index < -0.39 is 11.4 Å². The highest BCUT2D eigenvalue weighted by atomic mass is 16.4. The van der Waals surface area contributed by atoms with Crippen LogP contribution in [0.1, 0.15) is 46.9 Å². The van der Waals surface area contributed by atoms with Gasteiger partial charge in [-0.05, 0) is 37.8 Å². The van der Waals surface area contributed by atoms with Gasteiger partial charge in [-0.3, -0.25) is 14.4 Å². The van der Waals surface area contributed by atoms with Gasteiger partial charge in [-0.1, -0.05) is 18.6 Å². The Balaban J connectivity index is 1.47. The molecule has 1 amide bonds. The molecule has 2 saturated heterocycles. The normalized spacial score (nSPS) is 28.0. The molecule has 2 heterocycles. The highest BCUT2D eigenvalue weighted by molar-refractivity contribution is 5.98. The van der Waals surface area contributed by atoms with Crippen LogP contribution in [0.2, 0.25) is 0 Å². The van der Waals surface area contributed by atoms with Crippen molar-refractivity contribution in [3.63, 3.8) is 0 Å². The van der Waals surface area contributed by atoms with Crippen molar-refractivity contribution in [1.29, 1.82) is 0 Å². The highest BCUT2D eigenvalue weighted by Gasteiger charge is 2.58. The van der Waals surface area contributed by atoms with Crippen molar-refractivity contribution in [3.8, 4) is 0 Å². The predicted molar refractivity (Wildman–Crippen MR) is 99.7 cm³/mol.